The molecule has 9 aromatic carbocycles. The number of aromatic nitrogens is 2. The van der Waals surface area contributed by atoms with E-state index in [0.29, 0.717) is 29.8 Å². The largest absolute Gasteiger partial charge is 0.508 e. The van der Waals surface area contributed by atoms with Gasteiger partial charge in [-0.25, -0.2) is 9.78 Å². The highest BCUT2D eigenvalue weighted by Crippen LogP contribution is 2.51. The van der Waals surface area contributed by atoms with Gasteiger partial charge in [-0.05, 0) is 165 Å². The fourth-order valence-corrected chi connectivity index (χ4v) is 18.0. The summed E-state index contributed by atoms with van der Waals surface area (Å²) in [5.74, 6) is -15.4. The van der Waals surface area contributed by atoms with Crippen molar-refractivity contribution in [2.75, 3.05) is 30.4 Å². The third-order valence-corrected chi connectivity index (χ3v) is 25.2. The molecule has 11 bridgehead atoms. The number of hydrogen-bond donors (Lipinski definition) is 21. The van der Waals surface area contributed by atoms with Crippen molar-refractivity contribution in [2.45, 2.75) is 170 Å². The molecule has 9 heterocycles. The second kappa shape index (κ2) is 41.6. The number of aliphatic hydroxyl groups is 6. The maximum absolute atomic E-state index is 16.0. The molecule has 8 aliphatic rings. The molecule has 18 rings (SSSR count). The van der Waals surface area contributed by atoms with Gasteiger partial charge in [-0.1, -0.05) is 122 Å². The summed E-state index contributed by atoms with van der Waals surface area (Å²) in [5, 5.41) is 133. The van der Waals surface area contributed by atoms with Crippen molar-refractivity contribution in [2.24, 2.45) is 17.4 Å². The van der Waals surface area contributed by atoms with Crippen molar-refractivity contribution in [1.82, 2.24) is 47.2 Å². The van der Waals surface area contributed by atoms with E-state index in [1.807, 2.05) is 105 Å². The Balaban J connectivity index is 0.000000318. The number of aryl methyl sites for hydroxylation is 1. The van der Waals surface area contributed by atoms with E-state index in [4.69, 9.17) is 63.1 Å². The molecule has 9 amide bonds. The predicted octanol–water partition coefficient (Wildman–Crippen LogP) is 6.61. The number of carboxylic acids is 1. The number of anilines is 2. The Hall–Kier alpha value is -14.2. The molecule has 0 aliphatic carbocycles. The fraction of sp³-hybridized carbons (Fsp3) is 0.316. The highest BCUT2D eigenvalue weighted by Gasteiger charge is 2.52. The Labute approximate surface area is 803 Å². The van der Waals surface area contributed by atoms with E-state index in [-0.39, 0.29) is 58.0 Å². The van der Waals surface area contributed by atoms with Crippen LogP contribution in [0.1, 0.15) is 137 Å². The highest BCUT2D eigenvalue weighted by atomic mass is 35.5. The Morgan fingerprint density at radius 3 is 1.93 bits per heavy atom. The summed E-state index contributed by atoms with van der Waals surface area (Å²) in [6, 6.07) is 31.6. The number of aliphatic carboxylic acids is 1. The lowest BCUT2D eigenvalue weighted by Crippen LogP contribution is -2.64. The Morgan fingerprint density at radius 1 is 0.662 bits per heavy atom. The van der Waals surface area contributed by atoms with Crippen LogP contribution in [0, 0.1) is 12.8 Å². The molecule has 728 valence electrons. The minimum atomic E-state index is -2.35. The van der Waals surface area contributed by atoms with Gasteiger partial charge in [0.05, 0.1) is 52.7 Å². The van der Waals surface area contributed by atoms with Crippen LogP contribution in [0.2, 0.25) is 10.0 Å². The van der Waals surface area contributed by atoms with E-state index in [1.54, 1.807) is 24.3 Å². The van der Waals surface area contributed by atoms with Crippen LogP contribution in [-0.2, 0) is 59.0 Å². The number of ether oxygens (including phenoxy) is 6. The second-order valence-electron chi connectivity index (χ2n) is 35.0. The fourth-order valence-electron chi connectivity index (χ4n) is 17.5. The van der Waals surface area contributed by atoms with Crippen LogP contribution in [-0.4, -0.2) is 219 Å². The van der Waals surface area contributed by atoms with Gasteiger partial charge in [0.15, 0.2) is 29.9 Å². The number of phenolic OH excluding ortho intramolecular Hbond substituents is 3. The normalized spacial score (nSPS) is 24.7. The number of hydrogen-bond acceptors (Lipinski definition) is 28. The molecule has 2 saturated heterocycles. The first kappa shape index (κ1) is 99.3. The number of aromatic amines is 1. The van der Waals surface area contributed by atoms with E-state index in [2.05, 4.69) is 52.5 Å². The Kier molecular flexibility index (Phi) is 29.7. The maximum atomic E-state index is 16.0. The number of amides is 9. The summed E-state index contributed by atoms with van der Waals surface area (Å²) < 4.78 is 38.3. The first-order chi connectivity index (χ1) is 66.2. The number of para-hydroxylation sites is 1. The first-order valence-electron chi connectivity index (χ1n) is 44.2. The number of nitrogens with two attached hydrogens (primary N) is 2. The van der Waals surface area contributed by atoms with E-state index in [9.17, 15) is 84.6 Å². The average molecular weight is 1950 g/mol. The lowest BCUT2D eigenvalue weighted by molar-refractivity contribution is -0.333. The number of primary amides is 1. The molecule has 0 saturated carbocycles. The molecule has 0 spiro atoms. The van der Waals surface area contributed by atoms with Gasteiger partial charge < -0.3 is 143 Å². The molecular formula is C98H101Cl2N13O26. The standard InChI is InChI=1S/C66H75Cl2N9O24.C32H26N4O2/c1-23(2)12-34(71-5)58(88)76-49-51(83)26-7-10-38(32(67)14-26)97-40-16-28-17-41(55(40)101-65-56(54(86)53(85)42(22-78)99-65)100-44-21-66(4,70)57(87)24(3)96-44)98-39-11-8-27(15-33(39)68)52(84)50-63(93)75-48(64(94)95)31-18-29(79)19-37(81)45(31)30-13-25(6-9-36(30)80)46(60(90)77-50)74-61(91)47(28)73-59(89)35(20-43(69)82)72-62(49)92;1-21-33-28-19-20-36(29-14-8-7-13-27(29)30(28)34-21)32(38)23-15-17-24(18-16-23)35-31(37)26-12-6-5-11-25(26)22-9-3-2-4-10-22/h6-11,13-19,23-24,34-35,42,44,46-54,56-57,65,71,78-81,83-87H,12,20-22,70H2,1-5H3,(H2,69,82)(H,72,92)(H,73,89)(H,74,91)(H,75,93)(H,76,88)(H,77,90)(H,94,95);2-18H,19-20H2,1H3,(H,33,34)(H,35,37)/t24-,34+,35-,42+,44-,46+,47+,48-,49?,50-,51+,52+,53+,54-,56+,57+,65-,66-;/m0./s1. The van der Waals surface area contributed by atoms with Gasteiger partial charge in [0, 0.05) is 75.8 Å². The number of halogens is 2. The van der Waals surface area contributed by atoms with Crippen LogP contribution >= 0.6 is 23.2 Å². The van der Waals surface area contributed by atoms with E-state index >= 15 is 14.4 Å². The van der Waals surface area contributed by atoms with Crippen LogP contribution in [0.5, 0.6) is 46.0 Å². The summed E-state index contributed by atoms with van der Waals surface area (Å²) in [7, 11) is 1.47. The monoisotopic (exact) mass is 1950 g/mol. The van der Waals surface area contributed by atoms with E-state index < -0.39 is 237 Å². The SMILES string of the molecule is CN[C@H](CC(C)C)C(=O)NC1C(=O)N[C@@H](CC(N)=O)C(=O)N[C@H]2C(=O)N[C@H]3C(=O)N[C@H](C(=O)N[C@H](C(=O)O)c4cc(O)cc(O)c4-c4cc3ccc4O)[C@H](O)c3ccc(c(Cl)c3)Oc3cc2cc(c3O[C@@H]2O[C@H](CO)[C@@H](O)[C@H](O)[C@H]2O[C@H]2C[C@](C)(N)[C@H](O)[C@H](C)O2)Oc2ccc(cc2Cl)[C@H]1O.Cc1nc2c([nH]1)CCN(C(=O)c1ccc(NC(=O)c3ccccc3-c3ccccc3)cc1)c1ccccc1-2. The van der Waals surface area contributed by atoms with Crippen molar-refractivity contribution in [3.05, 3.63) is 242 Å². The van der Waals surface area contributed by atoms with Crippen LogP contribution in [0.3, 0.4) is 0 Å². The zero-order valence-corrected chi connectivity index (χ0v) is 76.8. The number of benzene rings is 9. The number of carboxylic acid groups (broad SMARTS) is 1. The highest BCUT2D eigenvalue weighted by molar-refractivity contribution is 6.32. The summed E-state index contributed by atoms with van der Waals surface area (Å²) in [6.07, 6.45) is -17.9. The third-order valence-electron chi connectivity index (χ3n) is 24.6. The lowest BCUT2D eigenvalue weighted by atomic mass is 9.86. The van der Waals surface area contributed by atoms with Gasteiger partial charge in [-0.2, -0.15) is 0 Å². The summed E-state index contributed by atoms with van der Waals surface area (Å²) in [6.45, 7) is 8.15. The molecule has 39 nitrogen and oxygen atoms in total. The topological polar surface area (TPSA) is 609 Å². The molecular weight excluding hydrogens is 1850 g/mol. The number of likely N-dealkylation sites (N-methyl/N-ethyl adjacent to an activating group) is 1. The van der Waals surface area contributed by atoms with Gasteiger partial charge in [0.25, 0.3) is 11.8 Å². The van der Waals surface area contributed by atoms with Crippen molar-refractivity contribution >= 4 is 93.7 Å². The van der Waals surface area contributed by atoms with Gasteiger partial charge in [-0.3, -0.25) is 43.2 Å². The summed E-state index contributed by atoms with van der Waals surface area (Å²) in [5.41, 5.74) is 15.4. The molecule has 10 aromatic rings. The van der Waals surface area contributed by atoms with Gasteiger partial charge in [0.1, 0.15) is 95.3 Å². The quantitative estimate of drug-likeness (QED) is 0.0455. The third kappa shape index (κ3) is 21.4. The predicted molar refractivity (Wildman–Crippen MR) is 500 cm³/mol. The Bertz CT molecular complexity index is 6410. The van der Waals surface area contributed by atoms with Gasteiger partial charge in [0.2, 0.25) is 53.4 Å². The number of rotatable bonds is 17. The lowest BCUT2D eigenvalue weighted by Gasteiger charge is -2.47. The van der Waals surface area contributed by atoms with Crippen molar-refractivity contribution in [1.29, 1.82) is 0 Å². The number of phenols is 3. The molecule has 2 fully saturated rings. The number of H-pyrrole nitrogens is 1. The minimum absolute atomic E-state index is 0.0911. The minimum Gasteiger partial charge on any atom is -0.508 e. The summed E-state index contributed by atoms with van der Waals surface area (Å²) in [4.78, 5) is 153. The molecule has 41 heteroatoms. The van der Waals surface area contributed by atoms with Crippen molar-refractivity contribution in [3.8, 4) is 79.5 Å². The summed E-state index contributed by atoms with van der Waals surface area (Å²) >= 11 is 14.1. The number of carbonyl (C=O) groups excluding carboxylic acids is 9. The molecule has 139 heavy (non-hydrogen) atoms. The molecule has 18 atom stereocenters. The number of nitrogens with one attached hydrogen (secondary N) is 9. The Morgan fingerprint density at radius 2 is 1.29 bits per heavy atom. The van der Waals surface area contributed by atoms with Crippen LogP contribution in [0.25, 0.3) is 33.5 Å². The molecule has 0 radical (unpaired) electrons. The zero-order valence-electron chi connectivity index (χ0n) is 75.3. The maximum Gasteiger partial charge on any atom is 0.330 e. The number of aliphatic hydroxyl groups excluding tert-OH is 6. The number of carbonyl (C=O) groups is 10. The second-order valence-corrected chi connectivity index (χ2v) is 35.8. The van der Waals surface area contributed by atoms with Crippen LogP contribution < -0.4 is 73.1 Å². The van der Waals surface area contributed by atoms with Crippen molar-refractivity contribution < 1.29 is 127 Å². The van der Waals surface area contributed by atoms with Crippen molar-refractivity contribution in [3.63, 3.8) is 0 Å². The van der Waals surface area contributed by atoms with Gasteiger partial charge in [-0.15, -0.1) is 0 Å². The van der Waals surface area contributed by atoms with Crippen LogP contribution in [0.4, 0.5) is 11.4 Å². The molecule has 1 aromatic heterocycles. The molecule has 1 unspecified atom stereocenters. The number of aromatic hydroxyl groups is 3. The number of fused-ring (bicyclic) bond motifs is 18. The first-order valence-corrected chi connectivity index (χ1v) is 45.0. The van der Waals surface area contributed by atoms with E-state index in [0.717, 1.165) is 106 Å². The molecule has 8 aliphatic heterocycles. The average Bonchev–Trinajstić information content (AvgIpc) is 1.74. The van der Waals surface area contributed by atoms with Gasteiger partial charge >= 0.3 is 5.97 Å². The molecule has 23 N–H and O–H groups in total. The smallest absolute Gasteiger partial charge is 0.330 e. The number of imidazole rings is 1. The van der Waals surface area contributed by atoms with Crippen LogP contribution in [0.15, 0.2) is 182 Å². The van der Waals surface area contributed by atoms with E-state index in [1.165, 1.54) is 33.0 Å². The zero-order chi connectivity index (χ0) is 99.6. The number of nitrogens with zero attached hydrogens (tertiary/aromatic N) is 2.